The highest BCUT2D eigenvalue weighted by atomic mass is 17.4. The maximum absolute atomic E-state index is 10.7. The molecule has 0 aromatic heterocycles. The van der Waals surface area contributed by atoms with Gasteiger partial charge in [0.2, 0.25) is 5.78 Å². The van der Waals surface area contributed by atoms with Crippen LogP contribution in [0.2, 0.25) is 0 Å². The Hall–Kier alpha value is -0.670. The topological polar surface area (TPSA) is 42.1 Å². The lowest BCUT2D eigenvalue weighted by Gasteiger charge is -1.83. The Balaban J connectivity index is 2.42. The summed E-state index contributed by atoms with van der Waals surface area (Å²) in [6, 6.07) is 0. The van der Waals surface area contributed by atoms with Gasteiger partial charge in [-0.1, -0.05) is 5.57 Å². The molecule has 1 saturated heterocycles. The van der Waals surface area contributed by atoms with Gasteiger partial charge in [0.25, 0.3) is 6.29 Å². The summed E-state index contributed by atoms with van der Waals surface area (Å²) in [5.74, 6) is -0.116. The third-order valence-electron chi connectivity index (χ3n) is 0.856. The molecule has 0 radical (unpaired) electrons. The van der Waals surface area contributed by atoms with Crippen LogP contribution in [-0.2, 0) is 14.6 Å². The number of allylic oxidation sites excluding steroid dienone is 1. The summed E-state index contributed by atoms with van der Waals surface area (Å²) < 4.78 is 0. The van der Waals surface area contributed by atoms with Gasteiger partial charge in [0.05, 0.1) is 0 Å². The van der Waals surface area contributed by atoms with Gasteiger partial charge in [-0.15, -0.1) is 0 Å². The minimum atomic E-state index is -0.611. The van der Waals surface area contributed by atoms with Gasteiger partial charge in [-0.05, 0) is 19.9 Å². The lowest BCUT2D eigenvalue weighted by molar-refractivity contribution is -0.116. The first-order valence-corrected chi connectivity index (χ1v) is 2.71. The molecule has 3 nitrogen and oxygen atoms in total. The van der Waals surface area contributed by atoms with Gasteiger partial charge in [-0.2, -0.15) is 9.78 Å². The Bertz CT molecular complexity index is 152. The Kier molecular flexibility index (Phi) is 1.64. The van der Waals surface area contributed by atoms with Crippen molar-refractivity contribution in [3.8, 4) is 0 Å². The molecule has 0 atom stereocenters. The number of hydrogen-bond acceptors (Lipinski definition) is 3. The van der Waals surface area contributed by atoms with Crippen LogP contribution < -0.4 is 0 Å². The highest BCUT2D eigenvalue weighted by Gasteiger charge is 2.32. The predicted molar refractivity (Wildman–Crippen MR) is 30.4 cm³/mol. The third kappa shape index (κ3) is 1.95. The molecule has 1 aliphatic rings. The van der Waals surface area contributed by atoms with E-state index in [4.69, 9.17) is 0 Å². The van der Waals surface area contributed by atoms with Crippen molar-refractivity contribution < 1.29 is 14.6 Å². The molecule has 0 spiro atoms. The van der Waals surface area contributed by atoms with Crippen LogP contribution in [-0.4, -0.2) is 12.1 Å². The molecule has 0 saturated carbocycles. The smallest absolute Gasteiger partial charge is 0.285 e. The van der Waals surface area contributed by atoms with Crippen LogP contribution in [0.15, 0.2) is 11.6 Å². The van der Waals surface area contributed by atoms with Crippen LogP contribution in [0, 0.1) is 0 Å². The molecule has 0 aromatic rings. The van der Waals surface area contributed by atoms with Crippen molar-refractivity contribution in [1.29, 1.82) is 0 Å². The lowest BCUT2D eigenvalue weighted by atomic mass is 10.2. The molecule has 0 aliphatic carbocycles. The van der Waals surface area contributed by atoms with Crippen LogP contribution in [0.5, 0.6) is 0 Å². The van der Waals surface area contributed by atoms with E-state index in [1.807, 2.05) is 13.8 Å². The van der Waals surface area contributed by atoms with Crippen molar-refractivity contribution >= 4 is 5.78 Å². The Morgan fingerprint density at radius 3 is 2.33 bits per heavy atom. The SMILES string of the molecule is CC(C)=CC(=O)C1OO1. The summed E-state index contributed by atoms with van der Waals surface area (Å²) in [4.78, 5) is 19.2. The predicted octanol–water partition coefficient (Wildman–Crippen LogP) is 0.810. The summed E-state index contributed by atoms with van der Waals surface area (Å²) in [7, 11) is 0. The monoisotopic (exact) mass is 128 g/mol. The largest absolute Gasteiger partial charge is 0.289 e. The van der Waals surface area contributed by atoms with E-state index in [1.165, 1.54) is 6.08 Å². The number of hydrogen-bond donors (Lipinski definition) is 0. The second kappa shape index (κ2) is 2.29. The molecular formula is C6H8O3. The van der Waals surface area contributed by atoms with E-state index >= 15 is 0 Å². The molecule has 1 aliphatic heterocycles. The fraction of sp³-hybridized carbons (Fsp3) is 0.500. The fourth-order valence-corrected chi connectivity index (χ4v) is 0.475. The highest BCUT2D eigenvalue weighted by Crippen LogP contribution is 2.13. The second-order valence-corrected chi connectivity index (χ2v) is 2.15. The molecule has 0 amide bonds. The lowest BCUT2D eigenvalue weighted by Crippen LogP contribution is -2.01. The molecule has 3 heteroatoms. The van der Waals surface area contributed by atoms with E-state index in [-0.39, 0.29) is 5.78 Å². The van der Waals surface area contributed by atoms with Crippen molar-refractivity contribution in [3.63, 3.8) is 0 Å². The number of carbonyl (C=O) groups is 1. The van der Waals surface area contributed by atoms with Crippen LogP contribution in [0.3, 0.4) is 0 Å². The first-order chi connectivity index (χ1) is 4.20. The van der Waals surface area contributed by atoms with Crippen LogP contribution in [0.25, 0.3) is 0 Å². The fourth-order valence-electron chi connectivity index (χ4n) is 0.475. The van der Waals surface area contributed by atoms with E-state index in [0.717, 1.165) is 5.57 Å². The summed E-state index contributed by atoms with van der Waals surface area (Å²) in [6.45, 7) is 3.70. The quantitative estimate of drug-likeness (QED) is 0.314. The number of carbonyl (C=O) groups excluding carboxylic acids is 1. The molecule has 1 rings (SSSR count). The normalized spacial score (nSPS) is 17.1. The highest BCUT2D eigenvalue weighted by molar-refractivity contribution is 5.93. The van der Waals surface area contributed by atoms with Crippen molar-refractivity contribution in [1.82, 2.24) is 0 Å². The minimum Gasteiger partial charge on any atom is -0.289 e. The maximum Gasteiger partial charge on any atom is 0.285 e. The van der Waals surface area contributed by atoms with E-state index in [1.54, 1.807) is 0 Å². The zero-order valence-electron chi connectivity index (χ0n) is 5.38. The number of ketones is 1. The molecule has 0 aromatic carbocycles. The van der Waals surface area contributed by atoms with Crippen LogP contribution >= 0.6 is 0 Å². The average Bonchev–Trinajstić information content (AvgIpc) is 2.40. The molecule has 0 unspecified atom stereocenters. The zero-order chi connectivity index (χ0) is 6.85. The van der Waals surface area contributed by atoms with Gasteiger partial charge in [0.15, 0.2) is 0 Å². The van der Waals surface area contributed by atoms with Gasteiger partial charge < -0.3 is 0 Å². The summed E-state index contributed by atoms with van der Waals surface area (Å²) in [6.07, 6.45) is 0.886. The molecule has 0 N–H and O–H groups in total. The number of rotatable bonds is 2. The Morgan fingerprint density at radius 1 is 1.44 bits per heavy atom. The van der Waals surface area contributed by atoms with Gasteiger partial charge in [0.1, 0.15) is 0 Å². The van der Waals surface area contributed by atoms with Crippen molar-refractivity contribution in [2.75, 3.05) is 0 Å². The van der Waals surface area contributed by atoms with Gasteiger partial charge in [-0.3, -0.25) is 4.79 Å². The molecule has 1 heterocycles. The zero-order valence-corrected chi connectivity index (χ0v) is 5.38. The van der Waals surface area contributed by atoms with Gasteiger partial charge >= 0.3 is 0 Å². The molecule has 0 bridgehead atoms. The molecule has 50 valence electrons. The Morgan fingerprint density at radius 2 is 2.00 bits per heavy atom. The minimum absolute atomic E-state index is 0.116. The Labute approximate surface area is 53.2 Å². The standard InChI is InChI=1S/C6H8O3/c1-4(2)3-5(7)6-8-9-6/h3,6H,1-2H3. The van der Waals surface area contributed by atoms with Crippen molar-refractivity contribution in [2.45, 2.75) is 20.1 Å². The first-order valence-electron chi connectivity index (χ1n) is 2.71. The van der Waals surface area contributed by atoms with E-state index in [0.29, 0.717) is 0 Å². The first kappa shape index (κ1) is 6.45. The summed E-state index contributed by atoms with van der Waals surface area (Å²) >= 11 is 0. The summed E-state index contributed by atoms with van der Waals surface area (Å²) in [5.41, 5.74) is 0.958. The maximum atomic E-state index is 10.7. The van der Waals surface area contributed by atoms with Crippen LogP contribution in [0.4, 0.5) is 0 Å². The molecule has 9 heavy (non-hydrogen) atoms. The third-order valence-corrected chi connectivity index (χ3v) is 0.856. The average molecular weight is 128 g/mol. The summed E-state index contributed by atoms with van der Waals surface area (Å²) in [5, 5.41) is 0. The van der Waals surface area contributed by atoms with Crippen LogP contribution in [0.1, 0.15) is 13.8 Å². The van der Waals surface area contributed by atoms with Crippen molar-refractivity contribution in [2.24, 2.45) is 0 Å². The van der Waals surface area contributed by atoms with E-state index in [9.17, 15) is 4.79 Å². The second-order valence-electron chi connectivity index (χ2n) is 2.15. The molecular weight excluding hydrogens is 120 g/mol. The van der Waals surface area contributed by atoms with Gasteiger partial charge in [-0.25, -0.2) is 0 Å². The van der Waals surface area contributed by atoms with E-state index < -0.39 is 6.29 Å². The molecule has 1 fully saturated rings. The van der Waals surface area contributed by atoms with Crippen molar-refractivity contribution in [3.05, 3.63) is 11.6 Å². The van der Waals surface area contributed by atoms with Gasteiger partial charge in [0, 0.05) is 0 Å². The van der Waals surface area contributed by atoms with E-state index in [2.05, 4.69) is 9.78 Å².